The second-order valence-corrected chi connectivity index (χ2v) is 7.09. The highest BCUT2D eigenvalue weighted by molar-refractivity contribution is 9.11. The summed E-state index contributed by atoms with van der Waals surface area (Å²) in [5.41, 5.74) is 0.364. The lowest BCUT2D eigenvalue weighted by Gasteiger charge is -2.20. The lowest BCUT2D eigenvalue weighted by molar-refractivity contribution is -0.129. The first-order chi connectivity index (χ1) is 12.0. The van der Waals surface area contributed by atoms with Crippen LogP contribution in [0.25, 0.3) is 0 Å². The number of oxime groups is 1. The molecule has 0 saturated carbocycles. The van der Waals surface area contributed by atoms with Crippen molar-refractivity contribution in [3.63, 3.8) is 0 Å². The molecule has 0 saturated heterocycles. The summed E-state index contributed by atoms with van der Waals surface area (Å²) < 4.78 is 7.25. The van der Waals surface area contributed by atoms with Gasteiger partial charge in [0.25, 0.3) is 0 Å². The van der Waals surface area contributed by atoms with Crippen LogP contribution in [0.15, 0.2) is 50.7 Å². The molecule has 0 aliphatic carbocycles. The molecule has 2 rings (SSSR count). The fraction of sp³-hybridized carbons (Fsp3) is 0.294. The van der Waals surface area contributed by atoms with Gasteiger partial charge in [0, 0.05) is 19.5 Å². The topological polar surface area (TPSA) is 82.4 Å². The lowest BCUT2D eigenvalue weighted by atomic mass is 10.1. The quantitative estimate of drug-likeness (QED) is 0.259. The highest BCUT2D eigenvalue weighted by Gasteiger charge is 2.15. The minimum absolute atomic E-state index is 0.0120. The maximum Gasteiger partial charge on any atom is 0.354 e. The van der Waals surface area contributed by atoms with Crippen LogP contribution in [-0.4, -0.2) is 46.6 Å². The number of nitrogens with zero attached hydrogens (tertiary/aromatic N) is 2. The molecule has 0 bridgehead atoms. The van der Waals surface area contributed by atoms with Gasteiger partial charge in [-0.05, 0) is 68.3 Å². The van der Waals surface area contributed by atoms with Crippen LogP contribution in [0.3, 0.4) is 0 Å². The van der Waals surface area contributed by atoms with Gasteiger partial charge in [0.1, 0.15) is 5.75 Å². The van der Waals surface area contributed by atoms with Gasteiger partial charge in [0.05, 0.1) is 15.6 Å². The molecule has 8 heteroatoms. The molecular weight excluding hydrogens is 456 g/mol. The van der Waals surface area contributed by atoms with E-state index in [1.165, 1.54) is 0 Å². The first kappa shape index (κ1) is 19.5. The summed E-state index contributed by atoms with van der Waals surface area (Å²) in [6.45, 7) is 2.38. The third-order valence-electron chi connectivity index (χ3n) is 3.52. The van der Waals surface area contributed by atoms with Crippen LogP contribution in [0.2, 0.25) is 0 Å². The van der Waals surface area contributed by atoms with E-state index in [0.717, 1.165) is 19.5 Å². The predicted octanol–water partition coefficient (Wildman–Crippen LogP) is 3.82. The molecule has 1 aromatic rings. The molecule has 0 radical (unpaired) electrons. The minimum Gasteiger partial charge on any atom is -0.491 e. The Balaban J connectivity index is 1.92. The van der Waals surface area contributed by atoms with Crippen molar-refractivity contribution in [2.75, 3.05) is 19.7 Å². The van der Waals surface area contributed by atoms with Crippen LogP contribution >= 0.6 is 31.9 Å². The normalized spacial score (nSPS) is 14.0. The monoisotopic (exact) mass is 472 g/mol. The van der Waals surface area contributed by atoms with Gasteiger partial charge in [-0.2, -0.15) is 0 Å². The van der Waals surface area contributed by atoms with Crippen molar-refractivity contribution in [3.8, 4) is 5.75 Å². The Morgan fingerprint density at radius 1 is 1.28 bits per heavy atom. The van der Waals surface area contributed by atoms with Crippen LogP contribution in [0.1, 0.15) is 12.0 Å². The standard InChI is InChI=1S/C17H18Br2N2O4/c18-13-9-12(11-15(20-24)17(22)23)10-14(19)16(13)25-8-4-7-21-5-2-1-3-6-21/h1-3,5,9-10,24H,4,6-8,11H2,(H,22,23). The number of carboxylic acids is 1. The van der Waals surface area contributed by atoms with E-state index in [1.54, 1.807) is 12.1 Å². The SMILES string of the molecule is O=C(O)C(Cc1cc(Br)c(OCCCN2C=CC=CC2)c(Br)c1)=NO. The maximum absolute atomic E-state index is 10.9. The van der Waals surface area contributed by atoms with Gasteiger partial charge in [0.2, 0.25) is 0 Å². The molecule has 0 fully saturated rings. The average molecular weight is 474 g/mol. The van der Waals surface area contributed by atoms with Gasteiger partial charge < -0.3 is 20.0 Å². The molecule has 25 heavy (non-hydrogen) atoms. The van der Waals surface area contributed by atoms with Gasteiger partial charge in [-0.15, -0.1) is 0 Å². The fourth-order valence-corrected chi connectivity index (χ4v) is 3.82. The van der Waals surface area contributed by atoms with Gasteiger partial charge in [-0.1, -0.05) is 17.3 Å². The number of carboxylic acid groups (broad SMARTS) is 1. The van der Waals surface area contributed by atoms with Crippen molar-refractivity contribution in [2.45, 2.75) is 12.8 Å². The van der Waals surface area contributed by atoms with Gasteiger partial charge in [-0.25, -0.2) is 4.79 Å². The van der Waals surface area contributed by atoms with Crippen molar-refractivity contribution >= 4 is 43.5 Å². The van der Waals surface area contributed by atoms with Crippen molar-refractivity contribution in [3.05, 3.63) is 51.1 Å². The molecule has 1 heterocycles. The molecule has 0 amide bonds. The molecule has 1 aromatic carbocycles. The van der Waals surface area contributed by atoms with E-state index in [2.05, 4.69) is 54.2 Å². The first-order valence-electron chi connectivity index (χ1n) is 7.63. The summed E-state index contributed by atoms with van der Waals surface area (Å²) in [5.74, 6) is -0.590. The molecular formula is C17H18Br2N2O4. The summed E-state index contributed by atoms with van der Waals surface area (Å²) in [4.78, 5) is 13.1. The van der Waals surface area contributed by atoms with Crippen LogP contribution < -0.4 is 4.74 Å². The third-order valence-corrected chi connectivity index (χ3v) is 4.70. The average Bonchev–Trinajstić information content (AvgIpc) is 2.59. The van der Waals surface area contributed by atoms with Crippen LogP contribution in [0.4, 0.5) is 0 Å². The van der Waals surface area contributed by atoms with Crippen molar-refractivity contribution < 1.29 is 19.8 Å². The molecule has 0 unspecified atom stereocenters. The summed E-state index contributed by atoms with van der Waals surface area (Å²) in [5, 5.41) is 20.5. The second kappa shape index (κ2) is 9.62. The Hall–Kier alpha value is -1.80. The number of ether oxygens (including phenoxy) is 1. The van der Waals surface area contributed by atoms with E-state index in [4.69, 9.17) is 15.1 Å². The predicted molar refractivity (Wildman–Crippen MR) is 102 cm³/mol. The van der Waals surface area contributed by atoms with Gasteiger partial charge >= 0.3 is 5.97 Å². The lowest BCUT2D eigenvalue weighted by Crippen LogP contribution is -2.21. The molecule has 2 N–H and O–H groups in total. The zero-order valence-electron chi connectivity index (χ0n) is 13.4. The zero-order chi connectivity index (χ0) is 18.2. The summed E-state index contributed by atoms with van der Waals surface area (Å²) >= 11 is 6.88. The van der Waals surface area contributed by atoms with E-state index in [-0.39, 0.29) is 12.1 Å². The number of carbonyl (C=O) groups is 1. The summed E-state index contributed by atoms with van der Waals surface area (Å²) in [6, 6.07) is 3.51. The molecule has 6 nitrogen and oxygen atoms in total. The van der Waals surface area contributed by atoms with Crippen LogP contribution in [0, 0.1) is 0 Å². The van der Waals surface area contributed by atoms with E-state index >= 15 is 0 Å². The van der Waals surface area contributed by atoms with Crippen molar-refractivity contribution in [2.24, 2.45) is 5.16 Å². The number of aliphatic carboxylic acids is 1. The van der Waals surface area contributed by atoms with Crippen molar-refractivity contribution in [1.82, 2.24) is 4.90 Å². The number of benzene rings is 1. The molecule has 1 aliphatic heterocycles. The Morgan fingerprint density at radius 2 is 2.00 bits per heavy atom. The summed E-state index contributed by atoms with van der Waals surface area (Å²) in [7, 11) is 0. The Labute approximate surface area is 162 Å². The Morgan fingerprint density at radius 3 is 2.56 bits per heavy atom. The van der Waals surface area contributed by atoms with Gasteiger partial charge in [-0.3, -0.25) is 0 Å². The van der Waals surface area contributed by atoms with Gasteiger partial charge in [0.15, 0.2) is 5.71 Å². The van der Waals surface area contributed by atoms with E-state index in [1.807, 2.05) is 12.2 Å². The highest BCUT2D eigenvalue weighted by atomic mass is 79.9. The van der Waals surface area contributed by atoms with Crippen LogP contribution in [-0.2, 0) is 11.2 Å². The summed E-state index contributed by atoms with van der Waals surface area (Å²) in [6.07, 6.45) is 9.09. The van der Waals surface area contributed by atoms with Crippen LogP contribution in [0.5, 0.6) is 5.75 Å². The van der Waals surface area contributed by atoms with E-state index in [0.29, 0.717) is 26.9 Å². The maximum atomic E-state index is 10.9. The number of hydrogen-bond acceptors (Lipinski definition) is 5. The number of allylic oxidation sites excluding steroid dienone is 2. The second-order valence-electron chi connectivity index (χ2n) is 5.38. The smallest absolute Gasteiger partial charge is 0.354 e. The largest absolute Gasteiger partial charge is 0.491 e. The molecule has 134 valence electrons. The Kier molecular flexibility index (Phi) is 7.52. The molecule has 0 aromatic heterocycles. The first-order valence-corrected chi connectivity index (χ1v) is 9.22. The fourth-order valence-electron chi connectivity index (χ4n) is 2.31. The minimum atomic E-state index is -1.25. The third kappa shape index (κ3) is 5.89. The van der Waals surface area contributed by atoms with Crippen molar-refractivity contribution in [1.29, 1.82) is 0 Å². The Bertz CT molecular complexity index is 694. The molecule has 0 spiro atoms. The zero-order valence-corrected chi connectivity index (χ0v) is 16.5. The molecule has 0 atom stereocenters. The number of halogens is 2. The highest BCUT2D eigenvalue weighted by Crippen LogP contribution is 2.35. The molecule has 1 aliphatic rings. The number of hydrogen-bond donors (Lipinski definition) is 2. The van der Waals surface area contributed by atoms with E-state index < -0.39 is 5.97 Å². The number of rotatable bonds is 8. The van der Waals surface area contributed by atoms with E-state index in [9.17, 15) is 4.79 Å².